The largest absolute Gasteiger partial charge is 0.219 e. The second-order valence-electron chi connectivity index (χ2n) is 4.25. The minimum absolute atomic E-state index is 0.450. The summed E-state index contributed by atoms with van der Waals surface area (Å²) in [6.45, 7) is 0. The summed E-state index contributed by atoms with van der Waals surface area (Å²) < 4.78 is 0. The second-order valence-corrected chi connectivity index (χ2v) is 4.25. The number of nitrogens with zero attached hydrogens (tertiary/aromatic N) is 7. The van der Waals surface area contributed by atoms with E-state index in [0.29, 0.717) is 11.5 Å². The second kappa shape index (κ2) is 3.86. The van der Waals surface area contributed by atoms with Crippen molar-refractivity contribution in [1.29, 1.82) is 5.26 Å². The maximum absolute atomic E-state index is 9.30. The van der Waals surface area contributed by atoms with E-state index >= 15 is 0 Å². The zero-order chi connectivity index (χ0) is 13.5. The van der Waals surface area contributed by atoms with Crippen molar-refractivity contribution in [2.45, 2.75) is 0 Å². The summed E-state index contributed by atoms with van der Waals surface area (Å²) >= 11 is 0. The molecule has 0 aliphatic carbocycles. The summed E-state index contributed by atoms with van der Waals surface area (Å²) in [5.41, 5.74) is 1.31. The number of hydrogen-bond donors (Lipinski definition) is 0. The highest BCUT2D eigenvalue weighted by Gasteiger charge is 2.31. The molecule has 1 aromatic rings. The monoisotopic (exact) mass is 261 g/mol. The maximum atomic E-state index is 9.30. The highest BCUT2D eigenvalue weighted by Crippen LogP contribution is 2.29. The van der Waals surface area contributed by atoms with E-state index in [9.17, 15) is 5.26 Å². The summed E-state index contributed by atoms with van der Waals surface area (Å²) in [6, 6.07) is 9.95. The highest BCUT2D eigenvalue weighted by molar-refractivity contribution is 5.66. The van der Waals surface area contributed by atoms with Gasteiger partial charge >= 0.3 is 0 Å². The van der Waals surface area contributed by atoms with Crippen molar-refractivity contribution in [2.75, 3.05) is 0 Å². The Balaban J connectivity index is 2.16. The van der Waals surface area contributed by atoms with Crippen LogP contribution in [0.4, 0.5) is 0 Å². The van der Waals surface area contributed by atoms with Gasteiger partial charge in [0, 0.05) is 10.4 Å². The molecule has 0 unspecified atom stereocenters. The van der Waals surface area contributed by atoms with Crippen molar-refractivity contribution >= 4 is 11.5 Å². The quantitative estimate of drug-likeness (QED) is 0.701. The Morgan fingerprint density at radius 1 is 1.10 bits per heavy atom. The molecule has 20 heavy (non-hydrogen) atoms. The van der Waals surface area contributed by atoms with Gasteiger partial charge in [0.25, 0.3) is 0 Å². The smallest absolute Gasteiger partial charge is 0.206 e. The third-order valence-corrected chi connectivity index (χ3v) is 3.21. The van der Waals surface area contributed by atoms with Crippen LogP contribution in [0.25, 0.3) is 11.5 Å². The first-order valence-electron chi connectivity index (χ1n) is 5.94. The Morgan fingerprint density at radius 3 is 2.80 bits per heavy atom. The fourth-order valence-corrected chi connectivity index (χ4v) is 2.39. The number of rotatable bonds is 0. The molecular formula is C13H7N7. The van der Waals surface area contributed by atoms with Crippen molar-refractivity contribution in [3.63, 3.8) is 0 Å². The standard InChI is InChI=1S/C13H7N7/c14-8-9-4-3-7-12-10-5-1-2-6-11(10)13-15-16-17-18-20(13)19(9)12/h1-7H. The third kappa shape index (κ3) is 1.27. The van der Waals surface area contributed by atoms with Gasteiger partial charge in [-0.1, -0.05) is 30.3 Å². The topological polar surface area (TPSA) is 79.7 Å². The predicted molar refractivity (Wildman–Crippen MR) is 68.7 cm³/mol. The highest BCUT2D eigenvalue weighted by atomic mass is 15.9. The van der Waals surface area contributed by atoms with Gasteiger partial charge in [0.1, 0.15) is 11.8 Å². The van der Waals surface area contributed by atoms with Crippen LogP contribution < -0.4 is 10.4 Å². The summed E-state index contributed by atoms with van der Waals surface area (Å²) in [5.74, 6) is 0.552. The average molecular weight is 261 g/mol. The predicted octanol–water partition coefficient (Wildman–Crippen LogP) is 1.12. The lowest BCUT2D eigenvalue weighted by molar-refractivity contribution is 0.126. The van der Waals surface area contributed by atoms with Gasteiger partial charge < -0.3 is 0 Å². The molecule has 4 rings (SSSR count). The summed E-state index contributed by atoms with van der Waals surface area (Å²) in [5, 5.41) is 29.5. The Labute approximate surface area is 113 Å². The van der Waals surface area contributed by atoms with Crippen LogP contribution in [0.5, 0.6) is 0 Å². The molecule has 0 N–H and O–H groups in total. The van der Waals surface area contributed by atoms with Crippen LogP contribution in [0.2, 0.25) is 0 Å². The van der Waals surface area contributed by atoms with Crippen LogP contribution in [0.1, 0.15) is 0 Å². The van der Waals surface area contributed by atoms with E-state index in [-0.39, 0.29) is 0 Å². The number of allylic oxidation sites excluding steroid dienone is 3. The SMILES string of the molecule is N#CC1=CC=CC2=c3ccccc3=C3N=NN=NN3N12. The van der Waals surface area contributed by atoms with Gasteiger partial charge in [-0.25, -0.2) is 5.01 Å². The first-order valence-corrected chi connectivity index (χ1v) is 5.94. The van der Waals surface area contributed by atoms with Gasteiger partial charge in [-0.3, -0.25) is 0 Å². The number of benzene rings is 1. The Bertz CT molecular complexity index is 882. The molecule has 7 heteroatoms. The van der Waals surface area contributed by atoms with Crippen molar-refractivity contribution in [1.82, 2.24) is 10.1 Å². The van der Waals surface area contributed by atoms with Crippen molar-refractivity contribution < 1.29 is 0 Å². The van der Waals surface area contributed by atoms with Crippen LogP contribution >= 0.6 is 0 Å². The molecule has 0 fully saturated rings. The van der Waals surface area contributed by atoms with Crippen LogP contribution in [-0.2, 0) is 0 Å². The number of nitriles is 1. The van der Waals surface area contributed by atoms with Gasteiger partial charge in [-0.15, -0.1) is 10.2 Å². The van der Waals surface area contributed by atoms with Crippen LogP contribution in [0, 0.1) is 11.3 Å². The normalized spacial score (nSPS) is 18.2. The van der Waals surface area contributed by atoms with E-state index in [0.717, 1.165) is 16.1 Å². The first-order chi connectivity index (χ1) is 9.90. The summed E-state index contributed by atoms with van der Waals surface area (Å²) in [6.07, 6.45) is 5.49. The van der Waals surface area contributed by atoms with Gasteiger partial charge in [-0.05, 0) is 27.8 Å². The minimum Gasteiger partial charge on any atom is -0.219 e. The zero-order valence-corrected chi connectivity index (χ0v) is 10.2. The number of fused-ring (bicyclic) bond motifs is 4. The fraction of sp³-hybridized carbons (Fsp3) is 0. The molecule has 0 amide bonds. The van der Waals surface area contributed by atoms with Crippen LogP contribution in [0.15, 0.2) is 69.0 Å². The van der Waals surface area contributed by atoms with Gasteiger partial charge in [-0.2, -0.15) is 5.26 Å². The van der Waals surface area contributed by atoms with Crippen LogP contribution in [-0.4, -0.2) is 10.1 Å². The molecule has 3 aliphatic heterocycles. The number of hydrogen-bond acceptors (Lipinski definition) is 7. The van der Waals surface area contributed by atoms with Gasteiger partial charge in [0.2, 0.25) is 5.82 Å². The number of hydrazine groups is 1. The van der Waals surface area contributed by atoms with Gasteiger partial charge in [0.05, 0.1) is 5.70 Å². The molecule has 3 heterocycles. The van der Waals surface area contributed by atoms with E-state index < -0.39 is 0 Å². The van der Waals surface area contributed by atoms with E-state index in [1.54, 1.807) is 11.1 Å². The van der Waals surface area contributed by atoms with E-state index in [1.165, 1.54) is 5.12 Å². The molecule has 1 aromatic carbocycles. The maximum Gasteiger partial charge on any atom is 0.206 e. The van der Waals surface area contributed by atoms with E-state index in [1.807, 2.05) is 36.4 Å². The summed E-state index contributed by atoms with van der Waals surface area (Å²) in [7, 11) is 0. The fourth-order valence-electron chi connectivity index (χ4n) is 2.39. The van der Waals surface area contributed by atoms with Crippen molar-refractivity contribution in [2.24, 2.45) is 20.8 Å². The first kappa shape index (κ1) is 10.6. The molecule has 0 aromatic heterocycles. The minimum atomic E-state index is 0.450. The Kier molecular flexibility index (Phi) is 2.05. The molecule has 0 saturated heterocycles. The van der Waals surface area contributed by atoms with Crippen molar-refractivity contribution in [3.05, 3.63) is 58.6 Å². The molecule has 94 valence electrons. The lowest BCUT2D eigenvalue weighted by Crippen LogP contribution is -2.49. The lowest BCUT2D eigenvalue weighted by atomic mass is 10.1. The molecule has 0 atom stereocenters. The molecule has 0 bridgehead atoms. The molecule has 7 nitrogen and oxygen atoms in total. The Hall–Kier alpha value is -3.27. The van der Waals surface area contributed by atoms with Gasteiger partial charge in [0.15, 0.2) is 0 Å². The molecule has 3 aliphatic rings. The zero-order valence-electron chi connectivity index (χ0n) is 10.2. The van der Waals surface area contributed by atoms with E-state index in [2.05, 4.69) is 26.9 Å². The van der Waals surface area contributed by atoms with E-state index in [4.69, 9.17) is 0 Å². The molecule has 0 radical (unpaired) electrons. The lowest BCUT2D eigenvalue weighted by Gasteiger charge is -2.36. The van der Waals surface area contributed by atoms with Crippen LogP contribution in [0.3, 0.4) is 0 Å². The molecule has 0 saturated carbocycles. The summed E-state index contributed by atoms with van der Waals surface area (Å²) in [4.78, 5) is 0. The molecule has 0 spiro atoms. The Morgan fingerprint density at radius 2 is 1.95 bits per heavy atom. The third-order valence-electron chi connectivity index (χ3n) is 3.21. The van der Waals surface area contributed by atoms with Crippen molar-refractivity contribution in [3.8, 4) is 6.07 Å². The average Bonchev–Trinajstić information content (AvgIpc) is 2.54. The molecular weight excluding hydrogens is 254 g/mol.